The number of hydrogen-bond acceptors (Lipinski definition) is 6. The van der Waals surface area contributed by atoms with Crippen LogP contribution in [0.1, 0.15) is 25.7 Å². The van der Waals surface area contributed by atoms with E-state index in [0.29, 0.717) is 12.2 Å². The fraction of sp³-hybridized carbons (Fsp3) is 0.600. The predicted molar refractivity (Wildman–Crippen MR) is 82.5 cm³/mol. The lowest BCUT2D eigenvalue weighted by atomic mass is 10.2. The maximum Gasteiger partial charge on any atom is 0.281 e. The van der Waals surface area contributed by atoms with Crippen molar-refractivity contribution in [1.29, 1.82) is 0 Å². The molecule has 118 valence electrons. The summed E-state index contributed by atoms with van der Waals surface area (Å²) in [5.41, 5.74) is 0.325. The summed E-state index contributed by atoms with van der Waals surface area (Å²) in [6.07, 6.45) is 8.71. The van der Waals surface area contributed by atoms with Crippen LogP contribution in [0.2, 0.25) is 0 Å². The molecule has 1 aliphatic rings. The van der Waals surface area contributed by atoms with Crippen LogP contribution < -0.4 is 5.56 Å². The zero-order valence-corrected chi connectivity index (χ0v) is 12.6. The van der Waals surface area contributed by atoms with Gasteiger partial charge >= 0.3 is 0 Å². The molecule has 0 spiro atoms. The van der Waals surface area contributed by atoms with Crippen LogP contribution in [0.15, 0.2) is 23.5 Å². The summed E-state index contributed by atoms with van der Waals surface area (Å²) < 4.78 is 1.42. The zero-order valence-electron chi connectivity index (χ0n) is 12.6. The molecule has 3 heterocycles. The Hall–Kier alpha value is -1.86. The van der Waals surface area contributed by atoms with Gasteiger partial charge in [-0.05, 0) is 25.9 Å². The minimum atomic E-state index is -0.591. The number of β-amino-alcohol motifs (C(OH)–C–C–N with tert-alkyl or cyclic N) is 1. The number of rotatable bonds is 4. The highest BCUT2D eigenvalue weighted by atomic mass is 16.3. The van der Waals surface area contributed by atoms with Gasteiger partial charge in [-0.3, -0.25) is 9.36 Å². The average molecular weight is 303 g/mol. The third kappa shape index (κ3) is 3.48. The molecule has 1 N–H and O–H groups in total. The van der Waals surface area contributed by atoms with Crippen LogP contribution >= 0.6 is 0 Å². The van der Waals surface area contributed by atoms with E-state index in [0.717, 1.165) is 13.1 Å². The quantitative estimate of drug-likeness (QED) is 0.881. The first kappa shape index (κ1) is 15.1. The number of nitrogens with zero attached hydrogens (tertiary/aromatic N) is 5. The first-order valence-corrected chi connectivity index (χ1v) is 7.80. The molecule has 22 heavy (non-hydrogen) atoms. The second-order valence-electron chi connectivity index (χ2n) is 5.80. The predicted octanol–water partition coefficient (Wildman–Crippen LogP) is 0.423. The Kier molecular flexibility index (Phi) is 4.74. The molecule has 0 amide bonds. The van der Waals surface area contributed by atoms with E-state index in [9.17, 15) is 9.90 Å². The van der Waals surface area contributed by atoms with Crippen LogP contribution in [-0.4, -0.2) is 55.3 Å². The second-order valence-corrected chi connectivity index (χ2v) is 5.80. The lowest BCUT2D eigenvalue weighted by molar-refractivity contribution is 0.0986. The standard InChI is InChI=1S/C15H21N5O2/c21-12(9-19-7-3-1-2-4-8-19)10-20-11-18-14-13(15(20)22)16-5-6-17-14/h5-6,11-12,21H,1-4,7-10H2/t12-/m0/s1. The molecule has 0 aromatic carbocycles. The fourth-order valence-electron chi connectivity index (χ4n) is 2.92. The highest BCUT2D eigenvalue weighted by Crippen LogP contribution is 2.10. The summed E-state index contributed by atoms with van der Waals surface area (Å²) in [4.78, 5) is 26.7. The van der Waals surface area contributed by atoms with Gasteiger partial charge in [0.25, 0.3) is 5.56 Å². The maximum absolute atomic E-state index is 12.3. The van der Waals surface area contributed by atoms with E-state index in [1.807, 2.05) is 0 Å². The first-order chi connectivity index (χ1) is 10.7. The summed E-state index contributed by atoms with van der Waals surface area (Å²) in [5.74, 6) is 0. The van der Waals surface area contributed by atoms with Crippen molar-refractivity contribution in [3.63, 3.8) is 0 Å². The largest absolute Gasteiger partial charge is 0.390 e. The summed E-state index contributed by atoms with van der Waals surface area (Å²) >= 11 is 0. The van der Waals surface area contributed by atoms with Crippen LogP contribution in [-0.2, 0) is 6.54 Å². The normalized spacial score (nSPS) is 18.2. The highest BCUT2D eigenvalue weighted by molar-refractivity contribution is 5.66. The molecule has 1 saturated heterocycles. The van der Waals surface area contributed by atoms with Gasteiger partial charge in [-0.2, -0.15) is 0 Å². The molecule has 0 radical (unpaired) electrons. The van der Waals surface area contributed by atoms with Crippen LogP contribution in [0.4, 0.5) is 0 Å². The number of fused-ring (bicyclic) bond motifs is 1. The second kappa shape index (κ2) is 6.93. The van der Waals surface area contributed by atoms with Gasteiger partial charge in [0, 0.05) is 18.9 Å². The average Bonchev–Trinajstić information content (AvgIpc) is 2.79. The molecule has 7 nitrogen and oxygen atoms in total. The van der Waals surface area contributed by atoms with Crippen LogP contribution in [0.5, 0.6) is 0 Å². The molecule has 0 unspecified atom stereocenters. The molecule has 1 fully saturated rings. The highest BCUT2D eigenvalue weighted by Gasteiger charge is 2.15. The van der Waals surface area contributed by atoms with Gasteiger partial charge in [-0.25, -0.2) is 15.0 Å². The molecule has 2 aromatic rings. The Labute approximate surface area is 128 Å². The van der Waals surface area contributed by atoms with Gasteiger partial charge in [0.15, 0.2) is 11.2 Å². The lowest BCUT2D eigenvalue weighted by Crippen LogP contribution is -2.37. The third-order valence-corrected chi connectivity index (χ3v) is 4.04. The maximum atomic E-state index is 12.3. The van der Waals surface area contributed by atoms with Crippen molar-refractivity contribution in [2.75, 3.05) is 19.6 Å². The van der Waals surface area contributed by atoms with Gasteiger partial charge < -0.3 is 10.0 Å². The first-order valence-electron chi connectivity index (χ1n) is 7.80. The molecule has 7 heteroatoms. The summed E-state index contributed by atoms with van der Waals surface area (Å²) in [6, 6.07) is 0. The Morgan fingerprint density at radius 3 is 2.55 bits per heavy atom. The van der Waals surface area contributed by atoms with Crippen molar-refractivity contribution in [1.82, 2.24) is 24.4 Å². The van der Waals surface area contributed by atoms with E-state index in [2.05, 4.69) is 19.9 Å². The number of aliphatic hydroxyl groups excluding tert-OH is 1. The van der Waals surface area contributed by atoms with E-state index in [1.54, 1.807) is 0 Å². The molecular weight excluding hydrogens is 282 g/mol. The Balaban J connectivity index is 1.69. The van der Waals surface area contributed by atoms with Crippen LogP contribution in [0.3, 0.4) is 0 Å². The molecule has 0 bridgehead atoms. The number of likely N-dealkylation sites (tertiary alicyclic amines) is 1. The van der Waals surface area contributed by atoms with E-state index in [4.69, 9.17) is 0 Å². The summed E-state index contributed by atoms with van der Waals surface area (Å²) in [5, 5.41) is 10.3. The van der Waals surface area contributed by atoms with Gasteiger partial charge in [0.2, 0.25) is 0 Å². The zero-order chi connectivity index (χ0) is 15.4. The molecule has 1 atom stereocenters. The Bertz CT molecular complexity index is 679. The van der Waals surface area contributed by atoms with Crippen molar-refractivity contribution in [3.05, 3.63) is 29.1 Å². The molecule has 0 aliphatic carbocycles. The Morgan fingerprint density at radius 2 is 1.77 bits per heavy atom. The van der Waals surface area contributed by atoms with Crippen LogP contribution in [0, 0.1) is 0 Å². The number of aromatic nitrogens is 4. The number of hydrogen-bond donors (Lipinski definition) is 1. The van der Waals surface area contributed by atoms with E-state index < -0.39 is 6.10 Å². The van der Waals surface area contributed by atoms with Crippen molar-refractivity contribution in [2.24, 2.45) is 0 Å². The van der Waals surface area contributed by atoms with E-state index in [-0.39, 0.29) is 17.6 Å². The summed E-state index contributed by atoms with van der Waals surface area (Å²) in [7, 11) is 0. The SMILES string of the molecule is O=c1c2nccnc2ncn1C[C@@H](O)CN1CCCCCC1. The van der Waals surface area contributed by atoms with Gasteiger partial charge in [0.05, 0.1) is 12.6 Å². The Morgan fingerprint density at radius 1 is 1.05 bits per heavy atom. The van der Waals surface area contributed by atoms with Gasteiger partial charge in [-0.1, -0.05) is 12.8 Å². The molecule has 3 rings (SSSR count). The number of aliphatic hydroxyl groups is 1. The monoisotopic (exact) mass is 303 g/mol. The fourth-order valence-corrected chi connectivity index (χ4v) is 2.92. The molecule has 1 aliphatic heterocycles. The minimum Gasteiger partial charge on any atom is -0.390 e. The molecular formula is C15H21N5O2. The topological polar surface area (TPSA) is 84.1 Å². The lowest BCUT2D eigenvalue weighted by Gasteiger charge is -2.23. The minimum absolute atomic E-state index is 0.231. The van der Waals surface area contributed by atoms with Crippen LogP contribution in [0.25, 0.3) is 11.2 Å². The van der Waals surface area contributed by atoms with Crippen molar-refractivity contribution in [3.8, 4) is 0 Å². The van der Waals surface area contributed by atoms with E-state index in [1.165, 1.54) is 49.0 Å². The van der Waals surface area contributed by atoms with Crippen molar-refractivity contribution < 1.29 is 5.11 Å². The third-order valence-electron chi connectivity index (χ3n) is 4.04. The van der Waals surface area contributed by atoms with E-state index >= 15 is 0 Å². The van der Waals surface area contributed by atoms with Gasteiger partial charge in [0.1, 0.15) is 6.33 Å². The van der Waals surface area contributed by atoms with Crippen molar-refractivity contribution in [2.45, 2.75) is 38.3 Å². The van der Waals surface area contributed by atoms with Crippen molar-refractivity contribution >= 4 is 11.2 Å². The smallest absolute Gasteiger partial charge is 0.281 e. The summed E-state index contributed by atoms with van der Waals surface area (Å²) in [6.45, 7) is 2.86. The molecule has 0 saturated carbocycles. The molecule has 2 aromatic heterocycles. The van der Waals surface area contributed by atoms with Gasteiger partial charge in [-0.15, -0.1) is 0 Å².